The van der Waals surface area contributed by atoms with Gasteiger partial charge < -0.3 is 29.7 Å². The second-order valence-electron chi connectivity index (χ2n) is 12.6. The predicted octanol–water partition coefficient (Wildman–Crippen LogP) is 1.48. The van der Waals surface area contributed by atoms with Crippen LogP contribution in [0, 0.1) is 23.2 Å². The number of amides is 1. The van der Waals surface area contributed by atoms with E-state index in [0.717, 1.165) is 5.56 Å². The first-order valence-corrected chi connectivity index (χ1v) is 13.8. The molecule has 0 aromatic heterocycles. The summed E-state index contributed by atoms with van der Waals surface area (Å²) in [5.41, 5.74) is -4.15. The molecular formula is C30H37NO8. The van der Waals surface area contributed by atoms with E-state index < -0.39 is 76.4 Å². The highest BCUT2D eigenvalue weighted by Crippen LogP contribution is 2.71. The highest BCUT2D eigenvalue weighted by atomic mass is 16.7. The fraction of sp³-hybridized carbons (Fsp3) is 0.633. The van der Waals surface area contributed by atoms with Gasteiger partial charge in [-0.15, -0.1) is 0 Å². The van der Waals surface area contributed by atoms with Crippen molar-refractivity contribution in [1.82, 2.24) is 5.32 Å². The number of carbonyl (C=O) groups excluding carboxylic acids is 3. The molecule has 3 heterocycles. The number of rotatable bonds is 3. The highest BCUT2D eigenvalue weighted by Gasteiger charge is 2.87. The smallest absolute Gasteiger partial charge is 0.303 e. The Bertz CT molecular complexity index is 1250. The Labute approximate surface area is 227 Å². The summed E-state index contributed by atoms with van der Waals surface area (Å²) in [6, 6.07) is 9.40. The molecule has 5 aliphatic rings. The molecule has 1 saturated carbocycles. The van der Waals surface area contributed by atoms with Crippen molar-refractivity contribution < 1.29 is 38.8 Å². The molecule has 12 atom stereocenters. The van der Waals surface area contributed by atoms with Gasteiger partial charge >= 0.3 is 5.97 Å². The van der Waals surface area contributed by atoms with Crippen molar-refractivity contribution in [2.45, 2.75) is 94.7 Å². The van der Waals surface area contributed by atoms with Gasteiger partial charge in [0.15, 0.2) is 5.78 Å². The number of hydrogen-bond donors (Lipinski definition) is 3. The fourth-order valence-electron chi connectivity index (χ4n) is 8.19. The normalized spacial score (nSPS) is 49.9. The zero-order valence-corrected chi connectivity index (χ0v) is 22.9. The highest BCUT2D eigenvalue weighted by molar-refractivity contribution is 5.91. The van der Waals surface area contributed by atoms with Gasteiger partial charge in [0.05, 0.1) is 6.10 Å². The molecule has 0 radical (unpaired) electrons. The van der Waals surface area contributed by atoms with Crippen LogP contribution in [0.3, 0.4) is 0 Å². The van der Waals surface area contributed by atoms with E-state index in [2.05, 4.69) is 5.32 Å². The van der Waals surface area contributed by atoms with Crippen molar-refractivity contribution in [2.75, 3.05) is 0 Å². The maximum absolute atomic E-state index is 14.4. The Morgan fingerprint density at radius 1 is 1.15 bits per heavy atom. The van der Waals surface area contributed by atoms with Crippen molar-refractivity contribution in [1.29, 1.82) is 0 Å². The molecule has 3 saturated heterocycles. The van der Waals surface area contributed by atoms with Crippen molar-refractivity contribution in [3.63, 3.8) is 0 Å². The van der Waals surface area contributed by atoms with Crippen LogP contribution < -0.4 is 5.32 Å². The van der Waals surface area contributed by atoms with Gasteiger partial charge in [0, 0.05) is 30.7 Å². The van der Waals surface area contributed by atoms with E-state index in [9.17, 15) is 24.6 Å². The molecule has 3 aliphatic heterocycles. The fourth-order valence-corrected chi connectivity index (χ4v) is 8.19. The van der Waals surface area contributed by atoms with Crippen LogP contribution >= 0.6 is 0 Å². The average molecular weight is 540 g/mol. The molecule has 4 fully saturated rings. The molecule has 12 unspecified atom stereocenters. The molecule has 3 N–H and O–H groups in total. The Hall–Kier alpha value is -2.59. The second kappa shape index (κ2) is 8.46. The zero-order valence-electron chi connectivity index (χ0n) is 22.9. The summed E-state index contributed by atoms with van der Waals surface area (Å²) >= 11 is 0. The lowest BCUT2D eigenvalue weighted by atomic mass is 9.49. The molecule has 1 aromatic rings. The van der Waals surface area contributed by atoms with Crippen LogP contribution in [0.25, 0.3) is 0 Å². The van der Waals surface area contributed by atoms with E-state index >= 15 is 0 Å². The molecule has 210 valence electrons. The van der Waals surface area contributed by atoms with Crippen molar-refractivity contribution in [3.05, 3.63) is 48.0 Å². The Morgan fingerprint density at radius 2 is 1.85 bits per heavy atom. The quantitative estimate of drug-likeness (QED) is 0.298. The first kappa shape index (κ1) is 26.6. The van der Waals surface area contributed by atoms with Crippen molar-refractivity contribution in [3.8, 4) is 0 Å². The molecule has 1 amide bonds. The van der Waals surface area contributed by atoms with Crippen LogP contribution in [-0.4, -0.2) is 75.1 Å². The van der Waals surface area contributed by atoms with E-state index in [1.807, 2.05) is 44.2 Å². The third kappa shape index (κ3) is 3.49. The van der Waals surface area contributed by atoms with Gasteiger partial charge in [0.25, 0.3) is 0 Å². The number of carbonyl (C=O) groups is 3. The molecule has 6 rings (SSSR count). The van der Waals surface area contributed by atoms with Crippen LogP contribution in [0.1, 0.15) is 46.6 Å². The zero-order chi connectivity index (χ0) is 28.1. The predicted molar refractivity (Wildman–Crippen MR) is 138 cm³/mol. The van der Waals surface area contributed by atoms with Gasteiger partial charge in [-0.2, -0.15) is 0 Å². The van der Waals surface area contributed by atoms with E-state index in [-0.39, 0.29) is 11.7 Å². The molecule has 0 bridgehead atoms. The lowest BCUT2D eigenvalue weighted by Gasteiger charge is -2.51. The summed E-state index contributed by atoms with van der Waals surface area (Å²) in [6.45, 7) is 8.18. The first-order chi connectivity index (χ1) is 18.3. The van der Waals surface area contributed by atoms with Gasteiger partial charge in [-0.25, -0.2) is 0 Å². The number of aliphatic hydroxyl groups is 2. The van der Waals surface area contributed by atoms with Crippen molar-refractivity contribution in [2.24, 2.45) is 23.2 Å². The largest absolute Gasteiger partial charge is 0.458 e. The standard InChI is InChI=1S/C30H37NO8/c1-15-10-9-13-18-23(34)29(5)28(4,39-29)21-19(14-17-11-7-6-8-12-17)31-26(35)30(18,21)25(37-16(2)32)20-24(38-20)27(3,36)22(15)33/h6-9,11-13,15,18-21,23-25,34,36H,10,14H2,1-5H3,(H,31,35). The summed E-state index contributed by atoms with van der Waals surface area (Å²) in [5, 5.41) is 26.4. The van der Waals surface area contributed by atoms with E-state index in [1.54, 1.807) is 19.1 Å². The molecule has 1 spiro atoms. The van der Waals surface area contributed by atoms with Gasteiger partial charge in [0.1, 0.15) is 40.5 Å². The van der Waals surface area contributed by atoms with Crippen LogP contribution in [0.2, 0.25) is 0 Å². The number of ketones is 1. The number of benzene rings is 1. The minimum atomic E-state index is -1.84. The average Bonchev–Trinajstić information content (AvgIpc) is 3.75. The number of aliphatic hydroxyl groups excluding tert-OH is 1. The Morgan fingerprint density at radius 3 is 2.51 bits per heavy atom. The molecular weight excluding hydrogens is 502 g/mol. The summed E-state index contributed by atoms with van der Waals surface area (Å²) in [6.07, 6.45) is 0.231. The van der Waals surface area contributed by atoms with Crippen LogP contribution in [-0.2, 0) is 35.0 Å². The maximum atomic E-state index is 14.4. The lowest BCUT2D eigenvalue weighted by molar-refractivity contribution is -0.178. The van der Waals surface area contributed by atoms with Gasteiger partial charge in [0.2, 0.25) is 5.91 Å². The maximum Gasteiger partial charge on any atom is 0.303 e. The monoisotopic (exact) mass is 539 g/mol. The number of esters is 1. The van der Waals surface area contributed by atoms with Gasteiger partial charge in [-0.3, -0.25) is 14.4 Å². The van der Waals surface area contributed by atoms with Gasteiger partial charge in [-0.05, 0) is 39.2 Å². The molecule has 1 aromatic carbocycles. The number of Topliss-reactive ketones (excluding diaryl/α,β-unsaturated/α-hetero) is 1. The van der Waals surface area contributed by atoms with Crippen LogP contribution in [0.5, 0.6) is 0 Å². The van der Waals surface area contributed by atoms with E-state index in [0.29, 0.717) is 12.8 Å². The number of fused-ring (bicyclic) bond motifs is 3. The minimum Gasteiger partial charge on any atom is -0.458 e. The molecule has 39 heavy (non-hydrogen) atoms. The van der Waals surface area contributed by atoms with Gasteiger partial charge in [-0.1, -0.05) is 49.4 Å². The number of allylic oxidation sites excluding steroid dienone is 1. The number of nitrogens with one attached hydrogen (secondary N) is 1. The number of ether oxygens (including phenoxy) is 3. The molecule has 2 aliphatic carbocycles. The van der Waals surface area contributed by atoms with E-state index in [1.165, 1.54) is 13.8 Å². The summed E-state index contributed by atoms with van der Waals surface area (Å²) in [5.74, 6) is -3.22. The summed E-state index contributed by atoms with van der Waals surface area (Å²) in [7, 11) is 0. The minimum absolute atomic E-state index is 0.304. The molecule has 9 nitrogen and oxygen atoms in total. The number of hydrogen-bond acceptors (Lipinski definition) is 8. The van der Waals surface area contributed by atoms with Crippen LogP contribution in [0.4, 0.5) is 0 Å². The first-order valence-electron chi connectivity index (χ1n) is 13.8. The topological polar surface area (TPSA) is 138 Å². The third-order valence-corrected chi connectivity index (χ3v) is 10.3. The molecule has 9 heteroatoms. The summed E-state index contributed by atoms with van der Waals surface area (Å²) in [4.78, 5) is 40.2. The second-order valence-corrected chi connectivity index (χ2v) is 12.6. The number of epoxide rings is 2. The van der Waals surface area contributed by atoms with E-state index in [4.69, 9.17) is 14.2 Å². The Balaban J connectivity index is 1.56. The Kier molecular flexibility index (Phi) is 5.77. The SMILES string of the molecule is CC(=O)OC1C2OC2C(C)(O)C(=O)C(C)CC=CC2C(O)C3(C)OC3(C)C3C(Cc4ccccc4)NC(=O)C213. The van der Waals surface area contributed by atoms with Crippen LogP contribution in [0.15, 0.2) is 42.5 Å². The third-order valence-electron chi connectivity index (χ3n) is 10.3. The lowest BCUT2D eigenvalue weighted by Crippen LogP contribution is -2.67. The summed E-state index contributed by atoms with van der Waals surface area (Å²) < 4.78 is 18.3. The van der Waals surface area contributed by atoms with Crippen molar-refractivity contribution >= 4 is 17.7 Å².